The van der Waals surface area contributed by atoms with Gasteiger partial charge in [-0.15, -0.1) is 0 Å². The Hall–Kier alpha value is -2.73. The number of hydrogen-bond donors (Lipinski definition) is 2. The summed E-state index contributed by atoms with van der Waals surface area (Å²) >= 11 is 0. The number of aliphatic hydroxyl groups is 1. The van der Waals surface area contributed by atoms with Crippen LogP contribution in [0.4, 0.5) is 0 Å². The maximum atomic E-state index is 12.0. The van der Waals surface area contributed by atoms with Crippen LogP contribution in [0.2, 0.25) is 5.04 Å². The fourth-order valence-corrected chi connectivity index (χ4v) is 8.77. The van der Waals surface area contributed by atoms with Crippen molar-refractivity contribution in [3.8, 4) is 0 Å². The van der Waals surface area contributed by atoms with Gasteiger partial charge < -0.3 is 14.6 Å². The van der Waals surface area contributed by atoms with Gasteiger partial charge in [0, 0.05) is 13.0 Å². The fourth-order valence-electron chi connectivity index (χ4n) is 4.20. The molecule has 0 heterocycles. The van der Waals surface area contributed by atoms with Crippen LogP contribution in [-0.4, -0.2) is 31.1 Å². The first-order valence-corrected chi connectivity index (χ1v) is 12.4. The van der Waals surface area contributed by atoms with E-state index in [9.17, 15) is 15.0 Å². The van der Waals surface area contributed by atoms with Gasteiger partial charge in [0.1, 0.15) is 0 Å². The number of hydrogen-bond acceptors (Lipinski definition) is 3. The van der Waals surface area contributed by atoms with Crippen LogP contribution in [0.15, 0.2) is 91.0 Å². The summed E-state index contributed by atoms with van der Waals surface area (Å²) in [5.74, 6) is -1.27. The molecule has 3 aromatic rings. The average Bonchev–Trinajstić information content (AvgIpc) is 2.77. The topological polar surface area (TPSA) is 66.8 Å². The Kier molecular flexibility index (Phi) is 6.79. The molecule has 1 atom stereocenters. The molecule has 0 spiro atoms. The fraction of sp³-hybridized carbons (Fsp3) is 0.269. The molecule has 31 heavy (non-hydrogen) atoms. The molecule has 5 heteroatoms. The van der Waals surface area contributed by atoms with Crippen LogP contribution in [0.1, 0.15) is 32.8 Å². The van der Waals surface area contributed by atoms with Gasteiger partial charge in [0.15, 0.2) is 5.60 Å². The first kappa shape index (κ1) is 22.9. The highest BCUT2D eigenvalue weighted by Gasteiger charge is 2.50. The number of rotatable bonds is 8. The summed E-state index contributed by atoms with van der Waals surface area (Å²) in [4.78, 5) is 12.0. The SMILES string of the molecule is CC(C)(C)[Si](OCCC(O)(C(=O)O)c1ccccc1)(c1ccccc1)c1ccccc1. The van der Waals surface area contributed by atoms with Crippen molar-refractivity contribution >= 4 is 24.7 Å². The van der Waals surface area contributed by atoms with Gasteiger partial charge in [-0.2, -0.15) is 0 Å². The summed E-state index contributed by atoms with van der Waals surface area (Å²) in [6.45, 7) is 6.62. The minimum absolute atomic E-state index is 0.0448. The van der Waals surface area contributed by atoms with Crippen molar-refractivity contribution in [3.05, 3.63) is 96.6 Å². The Morgan fingerprint density at radius 3 is 1.61 bits per heavy atom. The van der Waals surface area contributed by atoms with Gasteiger partial charge in [0.25, 0.3) is 8.32 Å². The molecule has 162 valence electrons. The lowest BCUT2D eigenvalue weighted by atomic mass is 9.91. The van der Waals surface area contributed by atoms with E-state index in [1.165, 1.54) is 0 Å². The molecule has 3 aromatic carbocycles. The van der Waals surface area contributed by atoms with E-state index < -0.39 is 19.9 Å². The van der Waals surface area contributed by atoms with Gasteiger partial charge in [-0.05, 0) is 21.0 Å². The van der Waals surface area contributed by atoms with Crippen LogP contribution < -0.4 is 10.4 Å². The molecule has 0 aliphatic heterocycles. The smallest absolute Gasteiger partial charge is 0.340 e. The Labute approximate surface area is 185 Å². The number of carboxylic acid groups (broad SMARTS) is 1. The molecule has 3 rings (SSSR count). The van der Waals surface area contributed by atoms with Crippen LogP contribution in [-0.2, 0) is 14.8 Å². The molecule has 4 nitrogen and oxygen atoms in total. The molecular weight excluding hydrogens is 404 g/mol. The van der Waals surface area contributed by atoms with Gasteiger partial charge in [0.2, 0.25) is 0 Å². The highest BCUT2D eigenvalue weighted by Crippen LogP contribution is 2.37. The molecule has 0 bridgehead atoms. The molecule has 0 saturated heterocycles. The second-order valence-corrected chi connectivity index (χ2v) is 13.1. The van der Waals surface area contributed by atoms with E-state index in [1.54, 1.807) is 30.3 Å². The summed E-state index contributed by atoms with van der Waals surface area (Å²) in [6, 6.07) is 28.9. The Balaban J connectivity index is 2.01. The molecule has 0 radical (unpaired) electrons. The minimum Gasteiger partial charge on any atom is -0.479 e. The lowest BCUT2D eigenvalue weighted by Crippen LogP contribution is -2.66. The molecule has 0 fully saturated rings. The van der Waals surface area contributed by atoms with E-state index in [2.05, 4.69) is 45.0 Å². The molecule has 2 N–H and O–H groups in total. The molecule has 1 unspecified atom stereocenters. The highest BCUT2D eigenvalue weighted by molar-refractivity contribution is 6.99. The van der Waals surface area contributed by atoms with Crippen molar-refractivity contribution in [3.63, 3.8) is 0 Å². The van der Waals surface area contributed by atoms with E-state index >= 15 is 0 Å². The van der Waals surface area contributed by atoms with Crippen molar-refractivity contribution in [2.45, 2.75) is 37.8 Å². The number of carbonyl (C=O) groups is 1. The zero-order chi connectivity index (χ0) is 22.5. The summed E-state index contributed by atoms with van der Waals surface area (Å²) in [5, 5.41) is 22.9. The van der Waals surface area contributed by atoms with Crippen molar-refractivity contribution in [1.82, 2.24) is 0 Å². The van der Waals surface area contributed by atoms with Crippen molar-refractivity contribution in [1.29, 1.82) is 0 Å². The van der Waals surface area contributed by atoms with Gasteiger partial charge >= 0.3 is 5.97 Å². The van der Waals surface area contributed by atoms with Crippen LogP contribution in [0.3, 0.4) is 0 Å². The Bertz CT molecular complexity index is 945. The molecule has 0 aromatic heterocycles. The molecule has 0 amide bonds. The second kappa shape index (κ2) is 9.18. The van der Waals surface area contributed by atoms with Crippen molar-refractivity contribution in [2.75, 3.05) is 6.61 Å². The standard InChI is InChI=1S/C26H30O4Si/c1-25(2,3)31(22-15-9-5-10-16-22,23-17-11-6-12-18-23)30-20-19-26(29,24(27)28)21-13-7-4-8-14-21/h4-18,29H,19-20H2,1-3H3,(H,27,28). The van der Waals surface area contributed by atoms with Crippen molar-refractivity contribution < 1.29 is 19.4 Å². The first-order chi connectivity index (χ1) is 14.7. The summed E-state index contributed by atoms with van der Waals surface area (Å²) in [5.41, 5.74) is -1.65. The van der Waals surface area contributed by atoms with Crippen molar-refractivity contribution in [2.24, 2.45) is 0 Å². The summed E-state index contributed by atoms with van der Waals surface area (Å²) < 4.78 is 6.75. The number of aliphatic carboxylic acids is 1. The zero-order valence-electron chi connectivity index (χ0n) is 18.3. The summed E-state index contributed by atoms with van der Waals surface area (Å²) in [6.07, 6.45) is -0.0448. The lowest BCUT2D eigenvalue weighted by Gasteiger charge is -2.43. The molecule has 0 aliphatic carbocycles. The second-order valence-electron chi connectivity index (χ2n) is 8.79. The molecule has 0 aliphatic rings. The zero-order valence-corrected chi connectivity index (χ0v) is 19.3. The third kappa shape index (κ3) is 4.49. The van der Waals surface area contributed by atoms with Gasteiger partial charge in [-0.25, -0.2) is 4.79 Å². The average molecular weight is 435 g/mol. The van der Waals surface area contributed by atoms with Crippen LogP contribution in [0.25, 0.3) is 0 Å². The maximum absolute atomic E-state index is 12.0. The third-order valence-corrected chi connectivity index (χ3v) is 10.8. The largest absolute Gasteiger partial charge is 0.479 e. The predicted octanol–water partition coefficient (Wildman–Crippen LogP) is 3.93. The van der Waals surface area contributed by atoms with E-state index in [4.69, 9.17) is 4.43 Å². The van der Waals surface area contributed by atoms with E-state index in [-0.39, 0.29) is 18.1 Å². The van der Waals surface area contributed by atoms with Gasteiger partial charge in [-0.1, -0.05) is 112 Å². The van der Waals surface area contributed by atoms with E-state index in [1.807, 2.05) is 36.4 Å². The monoisotopic (exact) mass is 434 g/mol. The Morgan fingerprint density at radius 1 is 0.806 bits per heavy atom. The normalized spacial score (nSPS) is 14.1. The van der Waals surface area contributed by atoms with Gasteiger partial charge in [-0.3, -0.25) is 0 Å². The predicted molar refractivity (Wildman–Crippen MR) is 126 cm³/mol. The summed E-state index contributed by atoms with van der Waals surface area (Å²) in [7, 11) is -2.79. The molecule has 0 saturated carbocycles. The van der Waals surface area contributed by atoms with E-state index in [0.29, 0.717) is 5.56 Å². The first-order valence-electron chi connectivity index (χ1n) is 10.5. The quantitative estimate of drug-likeness (QED) is 0.527. The van der Waals surface area contributed by atoms with Crippen LogP contribution in [0, 0.1) is 0 Å². The minimum atomic E-state index is -2.79. The van der Waals surface area contributed by atoms with Crippen LogP contribution >= 0.6 is 0 Å². The maximum Gasteiger partial charge on any atom is 0.340 e. The molecular formula is C26H30O4Si. The van der Waals surface area contributed by atoms with Gasteiger partial charge in [0.05, 0.1) is 0 Å². The number of carboxylic acids is 1. The highest BCUT2D eigenvalue weighted by atomic mass is 28.4. The third-order valence-electron chi connectivity index (χ3n) is 5.80. The van der Waals surface area contributed by atoms with Crippen LogP contribution in [0.5, 0.6) is 0 Å². The lowest BCUT2D eigenvalue weighted by molar-refractivity contribution is -0.161. The number of benzene rings is 3. The Morgan fingerprint density at radius 2 is 1.23 bits per heavy atom. The van der Waals surface area contributed by atoms with E-state index in [0.717, 1.165) is 10.4 Å².